The first-order chi connectivity index (χ1) is 10.7. The van der Waals surface area contributed by atoms with Crippen LogP contribution in [0.3, 0.4) is 0 Å². The predicted molar refractivity (Wildman–Crippen MR) is 83.5 cm³/mol. The van der Waals surface area contributed by atoms with Crippen molar-refractivity contribution in [3.05, 3.63) is 24.3 Å². The van der Waals surface area contributed by atoms with E-state index in [1.165, 1.54) is 6.08 Å². The van der Waals surface area contributed by atoms with Crippen molar-refractivity contribution in [2.24, 2.45) is 0 Å². The number of allylic oxidation sites excluding steroid dienone is 1. The van der Waals surface area contributed by atoms with Gasteiger partial charge in [-0.2, -0.15) is 0 Å². The molecule has 0 saturated carbocycles. The second-order valence-corrected chi connectivity index (χ2v) is 6.16. The van der Waals surface area contributed by atoms with Gasteiger partial charge in [-0.15, -0.1) is 6.58 Å². The van der Waals surface area contributed by atoms with Crippen molar-refractivity contribution in [3.63, 3.8) is 0 Å². The fourth-order valence-corrected chi connectivity index (χ4v) is 2.19. The average molecular weight is 332 g/mol. The van der Waals surface area contributed by atoms with Gasteiger partial charge in [-0.25, -0.2) is 0 Å². The van der Waals surface area contributed by atoms with Crippen molar-refractivity contribution >= 4 is 0 Å². The van der Waals surface area contributed by atoms with Gasteiger partial charge in [-0.05, 0) is 26.7 Å². The second-order valence-electron chi connectivity index (χ2n) is 6.16. The summed E-state index contributed by atoms with van der Waals surface area (Å²) in [6, 6.07) is 0. The zero-order valence-corrected chi connectivity index (χ0v) is 13.6. The smallest absolute Gasteiger partial charge is 0.187 e. The molecule has 6 atom stereocenters. The Kier molecular flexibility index (Phi) is 7.82. The van der Waals surface area contributed by atoms with Gasteiger partial charge in [0.15, 0.2) is 6.29 Å². The molecule has 5 N–H and O–H groups in total. The van der Waals surface area contributed by atoms with Crippen LogP contribution in [0.15, 0.2) is 24.3 Å². The van der Waals surface area contributed by atoms with Gasteiger partial charge in [0.2, 0.25) is 0 Å². The van der Waals surface area contributed by atoms with Gasteiger partial charge in [0.05, 0.1) is 18.8 Å². The van der Waals surface area contributed by atoms with Gasteiger partial charge in [0, 0.05) is 0 Å². The van der Waals surface area contributed by atoms with Crippen molar-refractivity contribution in [2.45, 2.75) is 63.0 Å². The van der Waals surface area contributed by atoms with Gasteiger partial charge in [0.1, 0.15) is 24.4 Å². The Labute approximate surface area is 136 Å². The minimum absolute atomic E-state index is 0.152. The van der Waals surface area contributed by atoms with Crippen LogP contribution in [-0.4, -0.2) is 75.1 Å². The highest BCUT2D eigenvalue weighted by Crippen LogP contribution is 2.22. The lowest BCUT2D eigenvalue weighted by Gasteiger charge is -2.39. The van der Waals surface area contributed by atoms with Crippen LogP contribution >= 0.6 is 0 Å². The van der Waals surface area contributed by atoms with Crippen LogP contribution in [0, 0.1) is 0 Å². The molecular formula is C16H28O7. The molecule has 0 bridgehead atoms. The summed E-state index contributed by atoms with van der Waals surface area (Å²) in [5.41, 5.74) is -0.0589. The van der Waals surface area contributed by atoms with Crippen molar-refractivity contribution in [1.29, 1.82) is 0 Å². The first-order valence-corrected chi connectivity index (χ1v) is 7.65. The van der Waals surface area contributed by atoms with E-state index in [0.717, 1.165) is 5.57 Å². The molecule has 1 fully saturated rings. The number of ether oxygens (including phenoxy) is 2. The largest absolute Gasteiger partial charge is 0.394 e. The van der Waals surface area contributed by atoms with Crippen LogP contribution in [0.25, 0.3) is 0 Å². The van der Waals surface area contributed by atoms with Crippen molar-refractivity contribution in [3.8, 4) is 0 Å². The van der Waals surface area contributed by atoms with Crippen LogP contribution in [0.4, 0.5) is 0 Å². The first-order valence-electron chi connectivity index (χ1n) is 7.65. The third kappa shape index (κ3) is 5.96. The normalized spacial score (nSPS) is 34.9. The summed E-state index contributed by atoms with van der Waals surface area (Å²) in [6.07, 6.45) is -1.83. The van der Waals surface area contributed by atoms with Crippen LogP contribution in [-0.2, 0) is 9.47 Å². The quantitative estimate of drug-likeness (QED) is 0.379. The van der Waals surface area contributed by atoms with E-state index < -0.39 is 42.9 Å². The molecule has 0 aromatic carbocycles. The zero-order chi connectivity index (χ0) is 17.6. The molecule has 0 radical (unpaired) electrons. The number of hydrogen-bond acceptors (Lipinski definition) is 7. The maximum absolute atomic E-state index is 9.84. The number of aliphatic hydroxyl groups is 5. The SMILES string of the molecule is C=C[C@](C)(O)CC/C=C(\C)COC1OC(CO)C(O)C(O)C1O. The minimum atomic E-state index is -1.45. The Morgan fingerprint density at radius 1 is 1.26 bits per heavy atom. The van der Waals surface area contributed by atoms with Gasteiger partial charge in [0.25, 0.3) is 0 Å². The molecule has 1 aliphatic heterocycles. The Hall–Kier alpha value is -0.800. The molecule has 1 heterocycles. The molecule has 7 heteroatoms. The van der Waals surface area contributed by atoms with E-state index in [-0.39, 0.29) is 6.61 Å². The molecule has 1 aliphatic rings. The third-order valence-electron chi connectivity index (χ3n) is 3.91. The zero-order valence-electron chi connectivity index (χ0n) is 13.6. The van der Waals surface area contributed by atoms with E-state index in [1.807, 2.05) is 13.0 Å². The lowest BCUT2D eigenvalue weighted by Crippen LogP contribution is -2.59. The highest BCUT2D eigenvalue weighted by atomic mass is 16.7. The maximum atomic E-state index is 9.84. The van der Waals surface area contributed by atoms with E-state index in [9.17, 15) is 20.4 Å². The first kappa shape index (κ1) is 20.2. The van der Waals surface area contributed by atoms with Gasteiger partial charge < -0.3 is 35.0 Å². The summed E-state index contributed by atoms with van der Waals surface area (Å²) in [4.78, 5) is 0. The van der Waals surface area contributed by atoms with Crippen LogP contribution < -0.4 is 0 Å². The summed E-state index contributed by atoms with van der Waals surface area (Å²) >= 11 is 0. The number of rotatable bonds is 8. The molecule has 0 spiro atoms. The number of hydrogen-bond donors (Lipinski definition) is 5. The summed E-state index contributed by atoms with van der Waals surface area (Å²) < 4.78 is 10.7. The van der Waals surface area contributed by atoms with Crippen LogP contribution in [0.1, 0.15) is 26.7 Å². The topological polar surface area (TPSA) is 120 Å². The van der Waals surface area contributed by atoms with Gasteiger partial charge in [-0.3, -0.25) is 0 Å². The van der Waals surface area contributed by atoms with Crippen molar-refractivity contribution in [1.82, 2.24) is 0 Å². The predicted octanol–water partition coefficient (Wildman–Crippen LogP) is -0.534. The molecule has 134 valence electrons. The minimum Gasteiger partial charge on any atom is -0.394 e. The summed E-state index contributed by atoms with van der Waals surface area (Å²) in [5.74, 6) is 0. The highest BCUT2D eigenvalue weighted by Gasteiger charge is 2.43. The van der Waals surface area contributed by atoms with E-state index in [4.69, 9.17) is 14.6 Å². The van der Waals surface area contributed by atoms with E-state index in [0.29, 0.717) is 12.8 Å². The van der Waals surface area contributed by atoms with Crippen LogP contribution in [0.5, 0.6) is 0 Å². The van der Waals surface area contributed by atoms with Crippen molar-refractivity contribution < 1.29 is 35.0 Å². The standard InChI is InChI=1S/C16H28O7/c1-4-16(3,21)7-5-6-10(2)9-22-15-14(20)13(19)12(18)11(8-17)23-15/h4,6,11-15,17-21H,1,5,7-9H2,2-3H3/b10-6+/t11?,12?,13?,14?,15?,16-/m0/s1. The molecule has 5 unspecified atom stereocenters. The Balaban J connectivity index is 2.48. The van der Waals surface area contributed by atoms with Crippen molar-refractivity contribution in [2.75, 3.05) is 13.2 Å². The third-order valence-corrected chi connectivity index (χ3v) is 3.91. The molecule has 7 nitrogen and oxygen atoms in total. The monoisotopic (exact) mass is 332 g/mol. The molecule has 23 heavy (non-hydrogen) atoms. The Morgan fingerprint density at radius 2 is 1.91 bits per heavy atom. The molecule has 1 saturated heterocycles. The molecule has 1 rings (SSSR count). The Bertz CT molecular complexity index is 405. The lowest BCUT2D eigenvalue weighted by molar-refractivity contribution is -0.299. The summed E-state index contributed by atoms with van der Waals surface area (Å²) in [7, 11) is 0. The molecule has 0 aromatic rings. The molecule has 0 aliphatic carbocycles. The summed E-state index contributed by atoms with van der Waals surface area (Å²) in [5, 5.41) is 48.1. The average Bonchev–Trinajstić information content (AvgIpc) is 2.52. The van der Waals surface area contributed by atoms with E-state index in [2.05, 4.69) is 6.58 Å². The molecule has 0 aromatic heterocycles. The van der Waals surface area contributed by atoms with Gasteiger partial charge in [-0.1, -0.05) is 17.7 Å². The molecule has 0 amide bonds. The Morgan fingerprint density at radius 3 is 2.48 bits per heavy atom. The summed E-state index contributed by atoms with van der Waals surface area (Å²) in [6.45, 7) is 6.72. The second kappa shape index (κ2) is 8.89. The maximum Gasteiger partial charge on any atom is 0.187 e. The van der Waals surface area contributed by atoms with Gasteiger partial charge >= 0.3 is 0 Å². The lowest BCUT2D eigenvalue weighted by atomic mass is 9.99. The number of aliphatic hydroxyl groups excluding tert-OH is 4. The fraction of sp³-hybridized carbons (Fsp3) is 0.750. The van der Waals surface area contributed by atoms with Crippen LogP contribution in [0.2, 0.25) is 0 Å². The van der Waals surface area contributed by atoms with E-state index in [1.54, 1.807) is 6.92 Å². The fourth-order valence-electron chi connectivity index (χ4n) is 2.19. The molecular weight excluding hydrogens is 304 g/mol. The highest BCUT2D eigenvalue weighted by molar-refractivity contribution is 5.01. The van der Waals surface area contributed by atoms with E-state index >= 15 is 0 Å².